The molecule has 0 aromatic rings. The van der Waals surface area contributed by atoms with E-state index in [1.54, 1.807) is 0 Å². The first-order chi connectivity index (χ1) is 5.24. The van der Waals surface area contributed by atoms with Crippen LogP contribution in [0.1, 0.15) is 13.3 Å². The standard InChI is InChI=1S/C8H14O2S/c1-3-10-7(2)8-4-5-11(9)6-8/h3,7-8H,1,4-6H2,2H3. The molecule has 1 fully saturated rings. The van der Waals surface area contributed by atoms with Crippen LogP contribution >= 0.6 is 0 Å². The summed E-state index contributed by atoms with van der Waals surface area (Å²) in [5.74, 6) is 2.11. The van der Waals surface area contributed by atoms with E-state index in [0.29, 0.717) is 5.92 Å². The fourth-order valence-electron chi connectivity index (χ4n) is 1.32. The maximum Gasteiger partial charge on any atom is 0.0987 e. The first-order valence-electron chi connectivity index (χ1n) is 3.85. The number of hydrogen-bond donors (Lipinski definition) is 0. The summed E-state index contributed by atoms with van der Waals surface area (Å²) in [5, 5.41) is 0. The summed E-state index contributed by atoms with van der Waals surface area (Å²) >= 11 is 0. The van der Waals surface area contributed by atoms with Gasteiger partial charge < -0.3 is 4.74 Å². The van der Waals surface area contributed by atoms with Crippen LogP contribution in [0.15, 0.2) is 12.8 Å². The normalized spacial score (nSPS) is 33.2. The molecule has 0 aromatic carbocycles. The van der Waals surface area contributed by atoms with Crippen LogP contribution in [0.3, 0.4) is 0 Å². The van der Waals surface area contributed by atoms with E-state index in [4.69, 9.17) is 4.74 Å². The van der Waals surface area contributed by atoms with Crippen molar-refractivity contribution in [3.63, 3.8) is 0 Å². The third-order valence-corrected chi connectivity index (χ3v) is 3.58. The van der Waals surface area contributed by atoms with Gasteiger partial charge in [-0.3, -0.25) is 4.21 Å². The summed E-state index contributed by atoms with van der Waals surface area (Å²) in [7, 11) is -0.591. The van der Waals surface area contributed by atoms with Crippen molar-refractivity contribution < 1.29 is 8.95 Å². The Hall–Kier alpha value is -0.310. The van der Waals surface area contributed by atoms with E-state index in [-0.39, 0.29) is 6.10 Å². The Balaban J connectivity index is 2.36. The molecule has 0 radical (unpaired) electrons. The van der Waals surface area contributed by atoms with Crippen LogP contribution in [0.2, 0.25) is 0 Å². The summed E-state index contributed by atoms with van der Waals surface area (Å²) in [4.78, 5) is 0. The molecule has 2 nitrogen and oxygen atoms in total. The Morgan fingerprint density at radius 3 is 3.00 bits per heavy atom. The van der Waals surface area contributed by atoms with Gasteiger partial charge in [-0.05, 0) is 13.3 Å². The van der Waals surface area contributed by atoms with Gasteiger partial charge in [0.1, 0.15) is 0 Å². The zero-order valence-electron chi connectivity index (χ0n) is 6.79. The summed E-state index contributed by atoms with van der Waals surface area (Å²) in [6, 6.07) is 0. The SMILES string of the molecule is C=COC(C)C1CCS(=O)C1. The van der Waals surface area contributed by atoms with E-state index in [2.05, 4.69) is 6.58 Å². The summed E-state index contributed by atoms with van der Waals surface area (Å²) in [6.45, 7) is 5.50. The van der Waals surface area contributed by atoms with E-state index in [0.717, 1.165) is 17.9 Å². The van der Waals surface area contributed by atoms with Crippen LogP contribution in [0.4, 0.5) is 0 Å². The molecule has 1 aliphatic rings. The third kappa shape index (κ3) is 2.33. The smallest absolute Gasteiger partial charge is 0.0987 e. The van der Waals surface area contributed by atoms with E-state index in [1.807, 2.05) is 6.92 Å². The van der Waals surface area contributed by atoms with Gasteiger partial charge >= 0.3 is 0 Å². The van der Waals surface area contributed by atoms with Crippen LogP contribution in [0.5, 0.6) is 0 Å². The van der Waals surface area contributed by atoms with Crippen molar-refractivity contribution in [1.82, 2.24) is 0 Å². The predicted molar refractivity (Wildman–Crippen MR) is 46.7 cm³/mol. The lowest BCUT2D eigenvalue weighted by molar-refractivity contribution is 0.114. The Morgan fingerprint density at radius 1 is 1.82 bits per heavy atom. The maximum absolute atomic E-state index is 11.0. The number of rotatable bonds is 3. The zero-order valence-corrected chi connectivity index (χ0v) is 7.60. The van der Waals surface area contributed by atoms with Gasteiger partial charge in [0.2, 0.25) is 0 Å². The van der Waals surface area contributed by atoms with Crippen LogP contribution in [0, 0.1) is 5.92 Å². The lowest BCUT2D eigenvalue weighted by Gasteiger charge is -2.16. The predicted octanol–water partition coefficient (Wildman–Crippen LogP) is 1.30. The molecule has 0 N–H and O–H groups in total. The topological polar surface area (TPSA) is 26.3 Å². The van der Waals surface area contributed by atoms with E-state index in [1.165, 1.54) is 6.26 Å². The minimum Gasteiger partial charge on any atom is -0.499 e. The van der Waals surface area contributed by atoms with Gasteiger partial charge in [0, 0.05) is 28.2 Å². The fourth-order valence-corrected chi connectivity index (χ4v) is 2.97. The number of hydrogen-bond acceptors (Lipinski definition) is 2. The minimum atomic E-state index is -0.591. The molecule has 1 aliphatic heterocycles. The summed E-state index contributed by atoms with van der Waals surface area (Å²) in [5.41, 5.74) is 0. The van der Waals surface area contributed by atoms with Gasteiger partial charge in [-0.15, -0.1) is 0 Å². The molecular weight excluding hydrogens is 160 g/mol. The van der Waals surface area contributed by atoms with Crippen LogP contribution in [-0.2, 0) is 15.5 Å². The average Bonchev–Trinajstić information content (AvgIpc) is 2.36. The molecule has 0 bridgehead atoms. The van der Waals surface area contributed by atoms with E-state index < -0.39 is 10.8 Å². The first-order valence-corrected chi connectivity index (χ1v) is 5.34. The quantitative estimate of drug-likeness (QED) is 0.603. The molecule has 3 heteroatoms. The van der Waals surface area contributed by atoms with E-state index >= 15 is 0 Å². The molecule has 1 saturated heterocycles. The Labute approximate surface area is 70.1 Å². The maximum atomic E-state index is 11.0. The molecule has 0 saturated carbocycles. The van der Waals surface area contributed by atoms with Crippen molar-refractivity contribution in [2.24, 2.45) is 5.92 Å². The van der Waals surface area contributed by atoms with Crippen LogP contribution in [0.25, 0.3) is 0 Å². The van der Waals surface area contributed by atoms with Gasteiger partial charge in [-0.1, -0.05) is 6.58 Å². The summed E-state index contributed by atoms with van der Waals surface area (Å²) in [6.07, 6.45) is 2.67. The lowest BCUT2D eigenvalue weighted by Crippen LogP contribution is -2.18. The second-order valence-corrected chi connectivity index (χ2v) is 4.49. The second kappa shape index (κ2) is 3.90. The molecular formula is C8H14O2S. The highest BCUT2D eigenvalue weighted by Gasteiger charge is 2.26. The average molecular weight is 174 g/mol. The third-order valence-electron chi connectivity index (χ3n) is 2.09. The van der Waals surface area contributed by atoms with Crippen molar-refractivity contribution in [3.05, 3.63) is 12.8 Å². The molecule has 64 valence electrons. The Bertz CT molecular complexity index is 167. The van der Waals surface area contributed by atoms with Crippen LogP contribution < -0.4 is 0 Å². The highest BCUT2D eigenvalue weighted by molar-refractivity contribution is 7.85. The van der Waals surface area contributed by atoms with Crippen molar-refractivity contribution in [2.45, 2.75) is 19.4 Å². The lowest BCUT2D eigenvalue weighted by atomic mass is 10.0. The highest BCUT2D eigenvalue weighted by atomic mass is 32.2. The first kappa shape index (κ1) is 8.78. The van der Waals surface area contributed by atoms with Gasteiger partial charge in [0.15, 0.2) is 0 Å². The monoisotopic (exact) mass is 174 g/mol. The molecule has 3 unspecified atom stereocenters. The molecule has 0 aromatic heterocycles. The zero-order chi connectivity index (χ0) is 8.27. The molecule has 0 amide bonds. The van der Waals surface area contributed by atoms with E-state index in [9.17, 15) is 4.21 Å². The highest BCUT2D eigenvalue weighted by Crippen LogP contribution is 2.20. The van der Waals surface area contributed by atoms with Gasteiger partial charge in [0.05, 0.1) is 12.4 Å². The van der Waals surface area contributed by atoms with Crippen molar-refractivity contribution >= 4 is 10.8 Å². The fraction of sp³-hybridized carbons (Fsp3) is 0.750. The molecule has 3 atom stereocenters. The van der Waals surface area contributed by atoms with Crippen molar-refractivity contribution in [2.75, 3.05) is 11.5 Å². The largest absolute Gasteiger partial charge is 0.499 e. The minimum absolute atomic E-state index is 0.180. The Morgan fingerprint density at radius 2 is 2.55 bits per heavy atom. The molecule has 0 aliphatic carbocycles. The molecule has 0 spiro atoms. The van der Waals surface area contributed by atoms with Crippen LogP contribution in [-0.4, -0.2) is 21.8 Å². The van der Waals surface area contributed by atoms with Gasteiger partial charge in [-0.25, -0.2) is 0 Å². The number of ether oxygens (including phenoxy) is 1. The summed E-state index contributed by atoms with van der Waals surface area (Å²) < 4.78 is 16.2. The van der Waals surface area contributed by atoms with Crippen molar-refractivity contribution in [3.8, 4) is 0 Å². The molecule has 1 heterocycles. The van der Waals surface area contributed by atoms with Crippen molar-refractivity contribution in [1.29, 1.82) is 0 Å². The Kier molecular flexibility index (Phi) is 3.12. The molecule has 1 rings (SSSR count). The second-order valence-electron chi connectivity index (χ2n) is 2.87. The molecule has 11 heavy (non-hydrogen) atoms. The van der Waals surface area contributed by atoms with Gasteiger partial charge in [-0.2, -0.15) is 0 Å². The van der Waals surface area contributed by atoms with Gasteiger partial charge in [0.25, 0.3) is 0 Å².